The number of benzene rings is 1. The van der Waals surface area contributed by atoms with E-state index in [1.54, 1.807) is 0 Å². The lowest BCUT2D eigenvalue weighted by atomic mass is 10.2. The fourth-order valence-electron chi connectivity index (χ4n) is 0.834. The highest BCUT2D eigenvalue weighted by Crippen LogP contribution is 2.19. The van der Waals surface area contributed by atoms with Crippen LogP contribution in [0.2, 0.25) is 0 Å². The highest BCUT2D eigenvalue weighted by Gasteiger charge is 1.98. The van der Waals surface area contributed by atoms with Gasteiger partial charge < -0.3 is 4.90 Å². The van der Waals surface area contributed by atoms with Gasteiger partial charge in [0.25, 0.3) is 0 Å². The number of hydrogen-bond donors (Lipinski definition) is 0. The molecular formula is C9H11ClN-. The van der Waals surface area contributed by atoms with Gasteiger partial charge in [0.15, 0.2) is 0 Å². The molecule has 60 valence electrons. The van der Waals surface area contributed by atoms with Crippen molar-refractivity contribution in [3.05, 3.63) is 41.4 Å². The minimum Gasteiger partial charge on any atom is -0.323 e. The maximum atomic E-state index is 5.98. The topological polar surface area (TPSA) is 3.24 Å². The Balaban J connectivity index is 2.77. The Kier molecular flexibility index (Phi) is 2.80. The van der Waals surface area contributed by atoms with E-state index in [-0.39, 0.29) is 0 Å². The van der Waals surface area contributed by atoms with Crippen molar-refractivity contribution in [1.29, 1.82) is 0 Å². The lowest BCUT2D eigenvalue weighted by Gasteiger charge is -2.25. The molecule has 0 N–H and O–H groups in total. The molecule has 0 atom stereocenters. The van der Waals surface area contributed by atoms with Gasteiger partial charge in [-0.3, -0.25) is 0 Å². The first-order chi connectivity index (χ1) is 5.22. The molecule has 0 amide bonds. The highest BCUT2D eigenvalue weighted by atomic mass is 35.5. The van der Waals surface area contributed by atoms with Crippen molar-refractivity contribution < 1.29 is 0 Å². The SMILES string of the molecule is CN(C)[C-](Cl)c1ccccc1. The molecule has 0 bridgehead atoms. The zero-order chi connectivity index (χ0) is 8.27. The van der Waals surface area contributed by atoms with Crippen molar-refractivity contribution >= 4 is 11.6 Å². The van der Waals surface area contributed by atoms with Crippen LogP contribution in [-0.2, 0) is 0 Å². The molecule has 0 aliphatic carbocycles. The van der Waals surface area contributed by atoms with Gasteiger partial charge >= 0.3 is 0 Å². The first kappa shape index (κ1) is 8.44. The number of hydrogen-bond acceptors (Lipinski definition) is 1. The van der Waals surface area contributed by atoms with Gasteiger partial charge in [0, 0.05) is 0 Å². The van der Waals surface area contributed by atoms with Gasteiger partial charge in [-0.1, -0.05) is 6.07 Å². The smallest absolute Gasteiger partial charge is 0.0200 e. The lowest BCUT2D eigenvalue weighted by molar-refractivity contribution is 0.493. The summed E-state index contributed by atoms with van der Waals surface area (Å²) in [4.78, 5) is 1.89. The summed E-state index contributed by atoms with van der Waals surface area (Å²) in [6, 6.07) is 9.90. The van der Waals surface area contributed by atoms with E-state index < -0.39 is 0 Å². The average molecular weight is 169 g/mol. The molecule has 0 spiro atoms. The van der Waals surface area contributed by atoms with E-state index in [0.717, 1.165) is 11.1 Å². The van der Waals surface area contributed by atoms with Crippen LogP contribution in [0, 0.1) is 5.50 Å². The van der Waals surface area contributed by atoms with Crippen molar-refractivity contribution in [2.45, 2.75) is 0 Å². The molecule has 1 aromatic rings. The van der Waals surface area contributed by atoms with E-state index in [1.165, 1.54) is 0 Å². The summed E-state index contributed by atoms with van der Waals surface area (Å²) < 4.78 is 0. The molecule has 1 aromatic carbocycles. The van der Waals surface area contributed by atoms with Gasteiger partial charge in [-0.2, -0.15) is 29.3 Å². The molecular weight excluding hydrogens is 158 g/mol. The van der Waals surface area contributed by atoms with E-state index in [0.29, 0.717) is 0 Å². The van der Waals surface area contributed by atoms with Crippen LogP contribution in [0.1, 0.15) is 5.56 Å². The molecule has 0 saturated carbocycles. The zero-order valence-electron chi connectivity index (χ0n) is 6.71. The molecule has 0 saturated heterocycles. The monoisotopic (exact) mass is 168 g/mol. The maximum absolute atomic E-state index is 5.98. The largest absolute Gasteiger partial charge is 0.323 e. The minimum absolute atomic E-state index is 0.769. The summed E-state index contributed by atoms with van der Waals surface area (Å²) in [6.07, 6.45) is 0. The molecule has 0 aliphatic rings. The number of rotatable bonds is 2. The lowest BCUT2D eigenvalue weighted by Crippen LogP contribution is -2.15. The average Bonchev–Trinajstić information content (AvgIpc) is 2.05. The van der Waals surface area contributed by atoms with Gasteiger partial charge in [-0.25, -0.2) is 0 Å². The first-order valence-corrected chi connectivity index (χ1v) is 3.85. The van der Waals surface area contributed by atoms with Crippen LogP contribution in [-0.4, -0.2) is 19.0 Å². The zero-order valence-corrected chi connectivity index (χ0v) is 7.47. The predicted molar refractivity (Wildman–Crippen MR) is 48.3 cm³/mol. The summed E-state index contributed by atoms with van der Waals surface area (Å²) >= 11 is 5.98. The van der Waals surface area contributed by atoms with Crippen LogP contribution in [0.15, 0.2) is 30.3 Å². The fraction of sp³-hybridized carbons (Fsp3) is 0.222. The molecule has 0 radical (unpaired) electrons. The van der Waals surface area contributed by atoms with E-state index in [2.05, 4.69) is 0 Å². The Morgan fingerprint density at radius 2 is 1.73 bits per heavy atom. The van der Waals surface area contributed by atoms with Crippen LogP contribution in [0.5, 0.6) is 0 Å². The summed E-state index contributed by atoms with van der Waals surface area (Å²) in [5, 5.41) is 0. The Hall–Kier alpha value is -0.660. The quantitative estimate of drug-likeness (QED) is 0.484. The summed E-state index contributed by atoms with van der Waals surface area (Å²) in [5.41, 5.74) is 1.82. The minimum atomic E-state index is 0.769. The molecule has 0 fully saturated rings. The first-order valence-electron chi connectivity index (χ1n) is 3.47. The van der Waals surface area contributed by atoms with E-state index >= 15 is 0 Å². The van der Waals surface area contributed by atoms with E-state index in [9.17, 15) is 0 Å². The third-order valence-corrected chi connectivity index (χ3v) is 1.96. The molecule has 0 heterocycles. The summed E-state index contributed by atoms with van der Waals surface area (Å²) in [5.74, 6) is 0. The molecule has 0 aliphatic heterocycles. The van der Waals surface area contributed by atoms with Crippen LogP contribution in [0.3, 0.4) is 0 Å². The van der Waals surface area contributed by atoms with Gasteiger partial charge in [-0.15, -0.1) is 12.1 Å². The predicted octanol–water partition coefficient (Wildman–Crippen LogP) is 2.32. The van der Waals surface area contributed by atoms with Gasteiger partial charge in [0.1, 0.15) is 0 Å². The van der Waals surface area contributed by atoms with Crippen molar-refractivity contribution in [3.63, 3.8) is 0 Å². The second-order valence-electron chi connectivity index (χ2n) is 2.55. The van der Waals surface area contributed by atoms with Crippen molar-refractivity contribution in [2.75, 3.05) is 14.1 Å². The number of nitrogens with zero attached hydrogens (tertiary/aromatic N) is 1. The van der Waals surface area contributed by atoms with Crippen molar-refractivity contribution in [1.82, 2.24) is 4.90 Å². The molecule has 2 heteroatoms. The third-order valence-electron chi connectivity index (χ3n) is 1.40. The Labute approximate surface area is 72.6 Å². The van der Waals surface area contributed by atoms with E-state index in [4.69, 9.17) is 11.6 Å². The molecule has 0 aromatic heterocycles. The van der Waals surface area contributed by atoms with Crippen LogP contribution < -0.4 is 0 Å². The van der Waals surface area contributed by atoms with Gasteiger partial charge in [0.2, 0.25) is 0 Å². The second kappa shape index (κ2) is 3.65. The fourth-order valence-corrected chi connectivity index (χ4v) is 0.960. The van der Waals surface area contributed by atoms with Crippen molar-refractivity contribution in [2.24, 2.45) is 0 Å². The van der Waals surface area contributed by atoms with Gasteiger partial charge in [0.05, 0.1) is 0 Å². The Morgan fingerprint density at radius 1 is 1.18 bits per heavy atom. The normalized spacial score (nSPS) is 10.2. The van der Waals surface area contributed by atoms with Crippen LogP contribution >= 0.6 is 11.6 Å². The van der Waals surface area contributed by atoms with E-state index in [1.807, 2.05) is 49.3 Å². The summed E-state index contributed by atoms with van der Waals surface area (Å²) in [6.45, 7) is 0. The second-order valence-corrected chi connectivity index (χ2v) is 2.91. The van der Waals surface area contributed by atoms with Crippen LogP contribution in [0.25, 0.3) is 0 Å². The third kappa shape index (κ3) is 2.14. The summed E-state index contributed by atoms with van der Waals surface area (Å²) in [7, 11) is 3.85. The molecule has 1 nitrogen and oxygen atoms in total. The van der Waals surface area contributed by atoms with Gasteiger partial charge in [-0.05, 0) is 19.6 Å². The maximum Gasteiger partial charge on any atom is -0.0200 e. The Bertz CT molecular complexity index is 208. The standard InChI is InChI=1S/C9H11ClN/c1-11(2)9(10)8-6-4-3-5-7-8/h3-7H,1-2H3/q-1. The van der Waals surface area contributed by atoms with Crippen LogP contribution in [0.4, 0.5) is 0 Å². The van der Waals surface area contributed by atoms with Crippen molar-refractivity contribution in [3.8, 4) is 0 Å². The number of halogens is 1. The highest BCUT2D eigenvalue weighted by molar-refractivity contribution is 6.28. The molecule has 11 heavy (non-hydrogen) atoms. The Morgan fingerprint density at radius 3 is 2.18 bits per heavy atom. The molecule has 1 rings (SSSR count). The molecule has 0 unspecified atom stereocenters.